The van der Waals surface area contributed by atoms with Gasteiger partial charge in [0.15, 0.2) is 0 Å². The number of halogens is 1. The van der Waals surface area contributed by atoms with Crippen molar-refractivity contribution in [2.24, 2.45) is 5.92 Å². The third-order valence-corrected chi connectivity index (χ3v) is 3.39. The maximum atomic E-state index is 11.8. The lowest BCUT2D eigenvalue weighted by Gasteiger charge is -2.15. The molecule has 0 radical (unpaired) electrons. The summed E-state index contributed by atoms with van der Waals surface area (Å²) < 4.78 is 1.29. The maximum Gasteiger partial charge on any atom is 0.287 e. The molecule has 0 saturated heterocycles. The summed E-state index contributed by atoms with van der Waals surface area (Å²) in [7, 11) is 0. The Labute approximate surface area is 113 Å². The quantitative estimate of drug-likeness (QED) is 0.774. The highest BCUT2D eigenvalue weighted by atomic mass is 35.5. The van der Waals surface area contributed by atoms with Gasteiger partial charge in [-0.25, -0.2) is 4.68 Å². The van der Waals surface area contributed by atoms with Crippen LogP contribution in [0.2, 0.25) is 5.02 Å². The normalized spacial score (nSPS) is 10.7. The lowest BCUT2D eigenvalue weighted by Crippen LogP contribution is -2.24. The summed E-state index contributed by atoms with van der Waals surface area (Å²) in [5.74, 6) is 0.580. The molecule has 100 valence electrons. The smallest absolute Gasteiger partial charge is 0.287 e. The number of rotatable bonds is 7. The molecule has 0 fully saturated rings. The zero-order valence-corrected chi connectivity index (χ0v) is 11.7. The standard InChI is InChI=1S/C13H20ClN3O/c1-4-7-17-13(18)12(14)11(9-16-17)15-8-10(5-2)6-3/h4,9-10,15H,1,5-8H2,2-3H3. The molecule has 0 amide bonds. The van der Waals surface area contributed by atoms with Gasteiger partial charge in [-0.05, 0) is 5.92 Å². The molecule has 0 bridgehead atoms. The van der Waals surface area contributed by atoms with E-state index in [1.54, 1.807) is 12.3 Å². The molecule has 5 heteroatoms. The highest BCUT2D eigenvalue weighted by Gasteiger charge is 2.10. The predicted octanol–water partition coefficient (Wildman–Crippen LogP) is 2.93. The Hall–Kier alpha value is -1.29. The van der Waals surface area contributed by atoms with E-state index in [-0.39, 0.29) is 10.6 Å². The largest absolute Gasteiger partial charge is 0.382 e. The number of anilines is 1. The van der Waals surface area contributed by atoms with Crippen molar-refractivity contribution in [3.8, 4) is 0 Å². The third-order valence-electron chi connectivity index (χ3n) is 3.02. The van der Waals surface area contributed by atoms with Gasteiger partial charge in [0.1, 0.15) is 5.02 Å². The molecule has 0 aromatic carbocycles. The van der Waals surface area contributed by atoms with Crippen LogP contribution in [-0.4, -0.2) is 16.3 Å². The number of nitrogens with one attached hydrogen (secondary N) is 1. The van der Waals surface area contributed by atoms with Crippen molar-refractivity contribution >= 4 is 17.3 Å². The van der Waals surface area contributed by atoms with E-state index < -0.39 is 0 Å². The Morgan fingerprint density at radius 3 is 2.78 bits per heavy atom. The first-order chi connectivity index (χ1) is 8.63. The molecule has 1 heterocycles. The Kier molecular flexibility index (Phi) is 5.92. The number of allylic oxidation sites excluding steroid dienone is 1. The van der Waals surface area contributed by atoms with E-state index in [9.17, 15) is 4.79 Å². The highest BCUT2D eigenvalue weighted by Crippen LogP contribution is 2.17. The average Bonchev–Trinajstić information content (AvgIpc) is 2.38. The Morgan fingerprint density at radius 2 is 2.22 bits per heavy atom. The van der Waals surface area contributed by atoms with Gasteiger partial charge in [0.2, 0.25) is 0 Å². The van der Waals surface area contributed by atoms with Gasteiger partial charge in [-0.1, -0.05) is 44.4 Å². The molecule has 1 aromatic heterocycles. The van der Waals surface area contributed by atoms with Crippen molar-refractivity contribution in [3.63, 3.8) is 0 Å². The average molecular weight is 270 g/mol. The lowest BCUT2D eigenvalue weighted by molar-refractivity contribution is 0.518. The van der Waals surface area contributed by atoms with E-state index in [0.717, 1.165) is 19.4 Å². The van der Waals surface area contributed by atoms with Crippen molar-refractivity contribution in [1.82, 2.24) is 9.78 Å². The topological polar surface area (TPSA) is 46.9 Å². The van der Waals surface area contributed by atoms with Crippen LogP contribution in [0.1, 0.15) is 26.7 Å². The molecule has 0 saturated carbocycles. The zero-order valence-electron chi connectivity index (χ0n) is 10.9. The number of hydrogen-bond acceptors (Lipinski definition) is 3. The van der Waals surface area contributed by atoms with Crippen LogP contribution in [0.3, 0.4) is 0 Å². The minimum atomic E-state index is -0.286. The molecule has 0 aliphatic carbocycles. The molecule has 0 unspecified atom stereocenters. The number of hydrogen-bond donors (Lipinski definition) is 1. The van der Waals surface area contributed by atoms with Crippen LogP contribution in [0.5, 0.6) is 0 Å². The SMILES string of the molecule is C=CCn1ncc(NCC(CC)CC)c(Cl)c1=O. The van der Waals surface area contributed by atoms with Crippen LogP contribution < -0.4 is 10.9 Å². The van der Waals surface area contributed by atoms with Crippen molar-refractivity contribution in [3.05, 3.63) is 34.2 Å². The van der Waals surface area contributed by atoms with Crippen molar-refractivity contribution in [1.29, 1.82) is 0 Å². The molecular formula is C13H20ClN3O. The van der Waals surface area contributed by atoms with Crippen LogP contribution in [-0.2, 0) is 6.54 Å². The van der Waals surface area contributed by atoms with Gasteiger partial charge in [0.05, 0.1) is 18.4 Å². The van der Waals surface area contributed by atoms with Crippen molar-refractivity contribution in [2.75, 3.05) is 11.9 Å². The summed E-state index contributed by atoms with van der Waals surface area (Å²) in [6.45, 7) is 9.04. The molecule has 1 N–H and O–H groups in total. The van der Waals surface area contributed by atoms with E-state index in [4.69, 9.17) is 11.6 Å². The fourth-order valence-corrected chi connectivity index (χ4v) is 1.89. The second-order valence-electron chi connectivity index (χ2n) is 4.21. The molecule has 1 rings (SSSR count). The van der Waals surface area contributed by atoms with Gasteiger partial charge in [-0.15, -0.1) is 6.58 Å². The molecular weight excluding hydrogens is 250 g/mol. The minimum Gasteiger partial charge on any atom is -0.382 e. The van der Waals surface area contributed by atoms with Crippen LogP contribution >= 0.6 is 11.6 Å². The second-order valence-corrected chi connectivity index (χ2v) is 4.59. The first-order valence-electron chi connectivity index (χ1n) is 6.24. The molecule has 0 atom stereocenters. The minimum absolute atomic E-state index is 0.192. The summed E-state index contributed by atoms with van der Waals surface area (Å²) in [5, 5.41) is 7.43. The van der Waals surface area contributed by atoms with E-state index in [0.29, 0.717) is 18.2 Å². The van der Waals surface area contributed by atoms with Crippen LogP contribution in [0.15, 0.2) is 23.6 Å². The Bertz CT molecular complexity index is 452. The van der Waals surface area contributed by atoms with Gasteiger partial charge in [-0.2, -0.15) is 5.10 Å². The summed E-state index contributed by atoms with van der Waals surface area (Å²) >= 11 is 6.03. The second kappa shape index (κ2) is 7.21. The van der Waals surface area contributed by atoms with E-state index in [1.807, 2.05) is 0 Å². The first kappa shape index (κ1) is 14.8. The summed E-state index contributed by atoms with van der Waals surface area (Å²) in [6.07, 6.45) is 5.40. The van der Waals surface area contributed by atoms with Crippen LogP contribution in [0, 0.1) is 5.92 Å². The molecule has 0 aliphatic heterocycles. The van der Waals surface area contributed by atoms with E-state index in [1.165, 1.54) is 4.68 Å². The highest BCUT2D eigenvalue weighted by molar-refractivity contribution is 6.32. The maximum absolute atomic E-state index is 11.8. The lowest BCUT2D eigenvalue weighted by atomic mass is 10.0. The van der Waals surface area contributed by atoms with Crippen molar-refractivity contribution < 1.29 is 0 Å². The Morgan fingerprint density at radius 1 is 1.56 bits per heavy atom. The Balaban J connectivity index is 2.82. The zero-order chi connectivity index (χ0) is 13.5. The predicted molar refractivity (Wildman–Crippen MR) is 76.3 cm³/mol. The first-order valence-corrected chi connectivity index (χ1v) is 6.62. The molecule has 4 nitrogen and oxygen atoms in total. The van der Waals surface area contributed by atoms with E-state index >= 15 is 0 Å². The van der Waals surface area contributed by atoms with Crippen molar-refractivity contribution in [2.45, 2.75) is 33.2 Å². The number of aromatic nitrogens is 2. The monoisotopic (exact) mass is 269 g/mol. The molecule has 18 heavy (non-hydrogen) atoms. The van der Waals surface area contributed by atoms with E-state index in [2.05, 4.69) is 30.8 Å². The van der Waals surface area contributed by atoms with Crippen LogP contribution in [0.4, 0.5) is 5.69 Å². The van der Waals surface area contributed by atoms with Gasteiger partial charge < -0.3 is 5.32 Å². The molecule has 0 aliphatic rings. The van der Waals surface area contributed by atoms with Gasteiger partial charge in [0.25, 0.3) is 5.56 Å². The number of nitrogens with zero attached hydrogens (tertiary/aromatic N) is 2. The third kappa shape index (κ3) is 3.60. The van der Waals surface area contributed by atoms with Gasteiger partial charge in [-0.3, -0.25) is 4.79 Å². The summed E-state index contributed by atoms with van der Waals surface area (Å²) in [6, 6.07) is 0. The summed E-state index contributed by atoms with van der Waals surface area (Å²) in [5.41, 5.74) is 0.319. The summed E-state index contributed by atoms with van der Waals surface area (Å²) in [4.78, 5) is 11.8. The molecule has 0 spiro atoms. The van der Waals surface area contributed by atoms with Crippen LogP contribution in [0.25, 0.3) is 0 Å². The van der Waals surface area contributed by atoms with Gasteiger partial charge >= 0.3 is 0 Å². The fraction of sp³-hybridized carbons (Fsp3) is 0.538. The fourth-order valence-electron chi connectivity index (χ4n) is 1.67. The molecule has 1 aromatic rings. The van der Waals surface area contributed by atoms with Gasteiger partial charge in [0, 0.05) is 6.54 Å².